The molecule has 35 heavy (non-hydrogen) atoms. The number of H-pyrrole nitrogens is 1. The Bertz CT molecular complexity index is 1510. The van der Waals surface area contributed by atoms with E-state index in [1.807, 2.05) is 60.7 Å². The Morgan fingerprint density at radius 2 is 1.77 bits per heavy atom. The van der Waals surface area contributed by atoms with Gasteiger partial charge in [-0.15, -0.1) is 0 Å². The van der Waals surface area contributed by atoms with Crippen LogP contribution in [0.25, 0.3) is 21.8 Å². The molecule has 0 radical (unpaired) electrons. The van der Waals surface area contributed by atoms with E-state index in [2.05, 4.69) is 15.3 Å². The van der Waals surface area contributed by atoms with Crippen molar-refractivity contribution in [3.63, 3.8) is 0 Å². The number of rotatable bonds is 8. The SMILES string of the molecule is O=C(NC(Cc1c[nH]c2ncccc12)C(=O)O)c1ccc2cc(OCc3ccccc3)ccc2c1. The number of aliphatic carboxylic acids is 1. The first kappa shape index (κ1) is 22.2. The third-order valence-electron chi connectivity index (χ3n) is 5.89. The van der Waals surface area contributed by atoms with Gasteiger partial charge in [0.1, 0.15) is 24.0 Å². The Balaban J connectivity index is 1.29. The van der Waals surface area contributed by atoms with E-state index < -0.39 is 17.9 Å². The summed E-state index contributed by atoms with van der Waals surface area (Å²) in [6.07, 6.45) is 3.53. The number of nitrogens with one attached hydrogen (secondary N) is 2. The fourth-order valence-corrected chi connectivity index (χ4v) is 4.04. The van der Waals surface area contributed by atoms with Crippen LogP contribution in [0.5, 0.6) is 5.75 Å². The molecule has 2 heterocycles. The van der Waals surface area contributed by atoms with Gasteiger partial charge >= 0.3 is 5.97 Å². The maximum Gasteiger partial charge on any atom is 0.326 e. The van der Waals surface area contributed by atoms with Crippen molar-refractivity contribution in [2.45, 2.75) is 19.1 Å². The number of hydrogen-bond acceptors (Lipinski definition) is 4. The Morgan fingerprint density at radius 1 is 0.971 bits per heavy atom. The summed E-state index contributed by atoms with van der Waals surface area (Å²) in [6.45, 7) is 0.468. The number of fused-ring (bicyclic) bond motifs is 2. The molecule has 3 aromatic carbocycles. The van der Waals surface area contributed by atoms with Gasteiger partial charge in [-0.1, -0.05) is 42.5 Å². The highest BCUT2D eigenvalue weighted by Crippen LogP contribution is 2.23. The summed E-state index contributed by atoms with van der Waals surface area (Å²) in [5.41, 5.74) is 2.93. The molecule has 1 amide bonds. The van der Waals surface area contributed by atoms with Crippen molar-refractivity contribution in [2.24, 2.45) is 0 Å². The van der Waals surface area contributed by atoms with Gasteiger partial charge in [-0.2, -0.15) is 0 Å². The van der Waals surface area contributed by atoms with Gasteiger partial charge in [0, 0.05) is 29.8 Å². The summed E-state index contributed by atoms with van der Waals surface area (Å²) in [5.74, 6) is -0.808. The number of benzene rings is 3. The topological polar surface area (TPSA) is 104 Å². The normalized spacial score (nSPS) is 11.9. The zero-order chi connectivity index (χ0) is 24.2. The van der Waals surface area contributed by atoms with Crippen LogP contribution in [0.2, 0.25) is 0 Å². The molecule has 7 heteroatoms. The van der Waals surface area contributed by atoms with Gasteiger partial charge in [0.05, 0.1) is 0 Å². The first-order valence-electron chi connectivity index (χ1n) is 11.2. The Labute approximate surface area is 201 Å². The first-order chi connectivity index (χ1) is 17.1. The molecule has 1 unspecified atom stereocenters. The number of carbonyl (C=O) groups is 2. The van der Waals surface area contributed by atoms with E-state index in [4.69, 9.17) is 4.74 Å². The molecule has 0 saturated heterocycles. The average Bonchev–Trinajstić information content (AvgIpc) is 3.30. The summed E-state index contributed by atoms with van der Waals surface area (Å²) >= 11 is 0. The van der Waals surface area contributed by atoms with Crippen molar-refractivity contribution in [2.75, 3.05) is 0 Å². The van der Waals surface area contributed by atoms with Gasteiger partial charge < -0.3 is 20.1 Å². The number of pyridine rings is 1. The second-order valence-corrected chi connectivity index (χ2v) is 8.28. The van der Waals surface area contributed by atoms with E-state index in [1.54, 1.807) is 30.6 Å². The number of aromatic nitrogens is 2. The quantitative estimate of drug-likeness (QED) is 0.308. The summed E-state index contributed by atoms with van der Waals surface area (Å²) in [7, 11) is 0. The molecular formula is C28H23N3O4. The van der Waals surface area contributed by atoms with Crippen LogP contribution in [0, 0.1) is 0 Å². The van der Waals surface area contributed by atoms with Crippen molar-refractivity contribution in [1.82, 2.24) is 15.3 Å². The zero-order valence-electron chi connectivity index (χ0n) is 18.8. The lowest BCUT2D eigenvalue weighted by Crippen LogP contribution is -2.42. The van der Waals surface area contributed by atoms with Crippen molar-refractivity contribution in [3.8, 4) is 5.75 Å². The Morgan fingerprint density at radius 3 is 2.60 bits per heavy atom. The highest BCUT2D eigenvalue weighted by molar-refractivity contribution is 6.00. The molecule has 0 aliphatic heterocycles. The van der Waals surface area contributed by atoms with E-state index in [0.717, 1.165) is 33.0 Å². The van der Waals surface area contributed by atoms with Crippen LogP contribution in [0.15, 0.2) is 91.3 Å². The predicted molar refractivity (Wildman–Crippen MR) is 133 cm³/mol. The minimum Gasteiger partial charge on any atom is -0.489 e. The number of ether oxygens (including phenoxy) is 1. The number of hydrogen-bond donors (Lipinski definition) is 3. The number of carboxylic acids is 1. The van der Waals surface area contributed by atoms with Crippen LogP contribution < -0.4 is 10.1 Å². The lowest BCUT2D eigenvalue weighted by Gasteiger charge is -2.15. The van der Waals surface area contributed by atoms with E-state index in [0.29, 0.717) is 17.8 Å². The zero-order valence-corrected chi connectivity index (χ0v) is 18.8. The van der Waals surface area contributed by atoms with E-state index in [-0.39, 0.29) is 6.42 Å². The highest BCUT2D eigenvalue weighted by Gasteiger charge is 2.23. The van der Waals surface area contributed by atoms with Crippen LogP contribution in [-0.4, -0.2) is 33.0 Å². The van der Waals surface area contributed by atoms with Crippen LogP contribution >= 0.6 is 0 Å². The van der Waals surface area contributed by atoms with Crippen LogP contribution in [0.4, 0.5) is 0 Å². The van der Waals surface area contributed by atoms with Gasteiger partial charge in [0.15, 0.2) is 0 Å². The van der Waals surface area contributed by atoms with E-state index >= 15 is 0 Å². The smallest absolute Gasteiger partial charge is 0.326 e. The fraction of sp³-hybridized carbons (Fsp3) is 0.107. The van der Waals surface area contributed by atoms with Gasteiger partial charge in [0.25, 0.3) is 5.91 Å². The molecule has 7 nitrogen and oxygen atoms in total. The first-order valence-corrected chi connectivity index (χ1v) is 11.2. The minimum atomic E-state index is -1.10. The van der Waals surface area contributed by atoms with Crippen molar-refractivity contribution >= 4 is 33.7 Å². The molecule has 3 N–H and O–H groups in total. The fourth-order valence-electron chi connectivity index (χ4n) is 4.04. The van der Waals surface area contributed by atoms with Crippen LogP contribution in [0.1, 0.15) is 21.5 Å². The standard InChI is InChI=1S/C28H23N3O4/c32-27(31-25(28(33)34)15-22-16-30-26-24(22)7-4-12-29-26)21-9-8-20-14-23(11-10-19(20)13-21)35-17-18-5-2-1-3-6-18/h1-14,16,25H,15,17H2,(H,29,30)(H,31,32)(H,33,34). The predicted octanol–water partition coefficient (Wildman–Crippen LogP) is 4.72. The van der Waals surface area contributed by atoms with E-state index in [9.17, 15) is 14.7 Å². The highest BCUT2D eigenvalue weighted by atomic mass is 16.5. The van der Waals surface area contributed by atoms with Gasteiger partial charge in [-0.3, -0.25) is 4.79 Å². The molecule has 0 saturated carbocycles. The molecule has 0 fully saturated rings. The molecule has 0 spiro atoms. The van der Waals surface area contributed by atoms with Crippen molar-refractivity contribution < 1.29 is 19.4 Å². The van der Waals surface area contributed by atoms with Crippen LogP contribution in [0.3, 0.4) is 0 Å². The molecule has 5 aromatic rings. The Kier molecular flexibility index (Phi) is 6.13. The van der Waals surface area contributed by atoms with Crippen LogP contribution in [-0.2, 0) is 17.8 Å². The number of amides is 1. The molecule has 174 valence electrons. The number of nitrogens with zero attached hydrogens (tertiary/aromatic N) is 1. The second kappa shape index (κ2) is 9.69. The molecule has 0 aliphatic carbocycles. The van der Waals surface area contributed by atoms with Crippen molar-refractivity contribution in [1.29, 1.82) is 0 Å². The lowest BCUT2D eigenvalue weighted by atomic mass is 10.0. The lowest BCUT2D eigenvalue weighted by molar-refractivity contribution is -0.139. The average molecular weight is 466 g/mol. The summed E-state index contributed by atoms with van der Waals surface area (Å²) < 4.78 is 5.89. The molecule has 5 rings (SSSR count). The van der Waals surface area contributed by atoms with Gasteiger partial charge in [-0.05, 0) is 58.3 Å². The molecular weight excluding hydrogens is 442 g/mol. The molecule has 1 atom stereocenters. The minimum absolute atomic E-state index is 0.141. The maximum absolute atomic E-state index is 12.9. The summed E-state index contributed by atoms with van der Waals surface area (Å²) in [5, 5.41) is 15.0. The van der Waals surface area contributed by atoms with Gasteiger partial charge in [0.2, 0.25) is 0 Å². The third-order valence-corrected chi connectivity index (χ3v) is 5.89. The largest absolute Gasteiger partial charge is 0.489 e. The van der Waals surface area contributed by atoms with Gasteiger partial charge in [-0.25, -0.2) is 9.78 Å². The van der Waals surface area contributed by atoms with Crippen molar-refractivity contribution in [3.05, 3.63) is 108 Å². The summed E-state index contributed by atoms with van der Waals surface area (Å²) in [6, 6.07) is 23.4. The number of aromatic amines is 1. The summed E-state index contributed by atoms with van der Waals surface area (Å²) in [4.78, 5) is 32.0. The molecule has 0 aliphatic rings. The van der Waals surface area contributed by atoms with E-state index in [1.165, 1.54) is 0 Å². The second-order valence-electron chi connectivity index (χ2n) is 8.28. The number of carbonyl (C=O) groups excluding carboxylic acids is 1. The molecule has 0 bridgehead atoms. The monoisotopic (exact) mass is 465 g/mol. The maximum atomic E-state index is 12.9. The molecule has 2 aromatic heterocycles. The third kappa shape index (κ3) is 4.99. The number of carboxylic acid groups (broad SMARTS) is 1. The Hall–Kier alpha value is -4.65.